The molecule has 1 fully saturated rings. The second kappa shape index (κ2) is 6.45. The molecule has 1 aromatic carbocycles. The SMILES string of the molecule is Cc1cc(Nc2ccc(Br)cc2)nc(NC2CCS(=O)(=O)C2)n1. The van der Waals surface area contributed by atoms with Gasteiger partial charge in [-0.3, -0.25) is 0 Å². The molecule has 122 valence electrons. The van der Waals surface area contributed by atoms with Gasteiger partial charge in [0.15, 0.2) is 9.84 Å². The average Bonchev–Trinajstić information content (AvgIpc) is 2.80. The Bertz CT molecular complexity index is 809. The predicted octanol–water partition coefficient (Wildman–Crippen LogP) is 2.89. The maximum atomic E-state index is 11.5. The van der Waals surface area contributed by atoms with Crippen molar-refractivity contribution in [2.24, 2.45) is 0 Å². The minimum Gasteiger partial charge on any atom is -0.350 e. The van der Waals surface area contributed by atoms with E-state index in [1.54, 1.807) is 0 Å². The Morgan fingerprint density at radius 1 is 1.22 bits per heavy atom. The van der Waals surface area contributed by atoms with Crippen molar-refractivity contribution in [2.75, 3.05) is 22.1 Å². The molecule has 2 N–H and O–H groups in total. The molecule has 0 spiro atoms. The van der Waals surface area contributed by atoms with Crippen LogP contribution in [-0.2, 0) is 9.84 Å². The van der Waals surface area contributed by atoms with Crippen molar-refractivity contribution in [3.05, 3.63) is 40.5 Å². The lowest BCUT2D eigenvalue weighted by molar-refractivity contribution is 0.602. The summed E-state index contributed by atoms with van der Waals surface area (Å²) in [5.41, 5.74) is 1.73. The minimum absolute atomic E-state index is 0.123. The van der Waals surface area contributed by atoms with Crippen LogP contribution in [0, 0.1) is 6.92 Å². The van der Waals surface area contributed by atoms with Gasteiger partial charge in [-0.2, -0.15) is 4.98 Å². The number of benzene rings is 1. The molecule has 23 heavy (non-hydrogen) atoms. The highest BCUT2D eigenvalue weighted by atomic mass is 79.9. The Labute approximate surface area is 143 Å². The number of hydrogen-bond acceptors (Lipinski definition) is 6. The van der Waals surface area contributed by atoms with Gasteiger partial charge in [0.05, 0.1) is 11.5 Å². The van der Waals surface area contributed by atoms with Crippen molar-refractivity contribution < 1.29 is 8.42 Å². The van der Waals surface area contributed by atoms with Gasteiger partial charge < -0.3 is 10.6 Å². The smallest absolute Gasteiger partial charge is 0.225 e. The van der Waals surface area contributed by atoms with Crippen molar-refractivity contribution in [1.29, 1.82) is 0 Å². The van der Waals surface area contributed by atoms with E-state index in [1.807, 2.05) is 37.3 Å². The van der Waals surface area contributed by atoms with Crippen LogP contribution in [0.5, 0.6) is 0 Å². The van der Waals surface area contributed by atoms with Crippen LogP contribution in [-0.4, -0.2) is 35.9 Å². The summed E-state index contributed by atoms with van der Waals surface area (Å²) in [5.74, 6) is 1.48. The Kier molecular flexibility index (Phi) is 4.54. The highest BCUT2D eigenvalue weighted by molar-refractivity contribution is 9.10. The van der Waals surface area contributed by atoms with E-state index in [0.29, 0.717) is 18.2 Å². The molecule has 1 saturated heterocycles. The van der Waals surface area contributed by atoms with E-state index in [1.165, 1.54) is 0 Å². The molecule has 0 amide bonds. The number of halogens is 1. The number of nitrogens with one attached hydrogen (secondary N) is 2. The quantitative estimate of drug-likeness (QED) is 0.826. The zero-order valence-corrected chi connectivity index (χ0v) is 15.0. The molecule has 1 aliphatic rings. The minimum atomic E-state index is -2.93. The van der Waals surface area contributed by atoms with Crippen molar-refractivity contribution >= 4 is 43.2 Å². The van der Waals surface area contributed by atoms with Gasteiger partial charge >= 0.3 is 0 Å². The van der Waals surface area contributed by atoms with Crippen LogP contribution in [0.2, 0.25) is 0 Å². The molecule has 1 unspecified atom stereocenters. The number of nitrogens with zero attached hydrogens (tertiary/aromatic N) is 2. The lowest BCUT2D eigenvalue weighted by atomic mass is 10.3. The average molecular weight is 397 g/mol. The Morgan fingerprint density at radius 3 is 2.61 bits per heavy atom. The monoisotopic (exact) mass is 396 g/mol. The summed E-state index contributed by atoms with van der Waals surface area (Å²) < 4.78 is 24.1. The van der Waals surface area contributed by atoms with Crippen molar-refractivity contribution in [2.45, 2.75) is 19.4 Å². The van der Waals surface area contributed by atoms with Gasteiger partial charge in [-0.15, -0.1) is 0 Å². The molecule has 6 nitrogen and oxygen atoms in total. The summed E-state index contributed by atoms with van der Waals surface area (Å²) in [6, 6.07) is 9.50. The first-order chi connectivity index (χ1) is 10.9. The van der Waals surface area contributed by atoms with Crippen LogP contribution < -0.4 is 10.6 Å². The number of hydrogen-bond donors (Lipinski definition) is 2. The van der Waals surface area contributed by atoms with Gasteiger partial charge in [0, 0.05) is 28.0 Å². The van der Waals surface area contributed by atoms with Gasteiger partial charge in [0.2, 0.25) is 5.95 Å². The third-order valence-electron chi connectivity index (χ3n) is 3.54. The first kappa shape index (κ1) is 16.2. The molecule has 2 aromatic rings. The van der Waals surface area contributed by atoms with Crippen molar-refractivity contribution in [3.8, 4) is 0 Å². The van der Waals surface area contributed by atoms with E-state index in [-0.39, 0.29) is 17.5 Å². The second-order valence-corrected chi connectivity index (χ2v) is 8.74. The largest absolute Gasteiger partial charge is 0.350 e. The molecule has 1 atom stereocenters. The molecule has 0 aliphatic carbocycles. The van der Waals surface area contributed by atoms with Gasteiger partial charge in [0.1, 0.15) is 5.82 Å². The Hall–Kier alpha value is -1.67. The summed E-state index contributed by atoms with van der Waals surface area (Å²) in [4.78, 5) is 8.76. The number of aryl methyl sites for hydroxylation is 1. The second-order valence-electron chi connectivity index (χ2n) is 5.59. The Morgan fingerprint density at radius 2 is 1.96 bits per heavy atom. The summed E-state index contributed by atoms with van der Waals surface area (Å²) in [6.45, 7) is 1.88. The van der Waals surface area contributed by atoms with Crippen LogP contribution in [0.15, 0.2) is 34.8 Å². The van der Waals surface area contributed by atoms with Gasteiger partial charge in [-0.05, 0) is 37.6 Å². The fourth-order valence-corrected chi connectivity index (χ4v) is 4.41. The number of aromatic nitrogens is 2. The normalized spacial score (nSPS) is 19.5. The molecule has 2 heterocycles. The number of anilines is 3. The first-order valence-corrected chi connectivity index (χ1v) is 9.86. The van der Waals surface area contributed by atoms with E-state index in [2.05, 4.69) is 36.5 Å². The van der Waals surface area contributed by atoms with E-state index in [4.69, 9.17) is 0 Å². The molecule has 8 heteroatoms. The zero-order valence-electron chi connectivity index (χ0n) is 12.6. The maximum absolute atomic E-state index is 11.5. The fraction of sp³-hybridized carbons (Fsp3) is 0.333. The van der Waals surface area contributed by atoms with Gasteiger partial charge in [-0.25, -0.2) is 13.4 Å². The summed E-state index contributed by atoms with van der Waals surface area (Å²) in [7, 11) is -2.93. The summed E-state index contributed by atoms with van der Waals surface area (Å²) in [6.07, 6.45) is 0.592. The standard InChI is InChI=1S/C15H17BrN4O2S/c1-10-8-14(18-12-4-2-11(16)3-5-12)20-15(17-10)19-13-6-7-23(21,22)9-13/h2-5,8,13H,6-7,9H2,1H3,(H2,17,18,19,20). The highest BCUT2D eigenvalue weighted by Crippen LogP contribution is 2.21. The van der Waals surface area contributed by atoms with Crippen LogP contribution >= 0.6 is 15.9 Å². The summed E-state index contributed by atoms with van der Waals surface area (Å²) >= 11 is 3.40. The molecule has 0 bridgehead atoms. The van der Waals surface area contributed by atoms with E-state index in [9.17, 15) is 8.42 Å². The van der Waals surface area contributed by atoms with Crippen molar-refractivity contribution in [3.63, 3.8) is 0 Å². The first-order valence-electron chi connectivity index (χ1n) is 7.25. The van der Waals surface area contributed by atoms with E-state index in [0.717, 1.165) is 15.9 Å². The molecule has 1 aliphatic heterocycles. The lowest BCUT2D eigenvalue weighted by Gasteiger charge is -2.13. The molecule has 0 radical (unpaired) electrons. The van der Waals surface area contributed by atoms with Crippen LogP contribution in [0.1, 0.15) is 12.1 Å². The lowest BCUT2D eigenvalue weighted by Crippen LogP contribution is -2.22. The molecule has 1 aromatic heterocycles. The van der Waals surface area contributed by atoms with Gasteiger partial charge in [0.25, 0.3) is 0 Å². The van der Waals surface area contributed by atoms with Crippen LogP contribution in [0.25, 0.3) is 0 Å². The fourth-order valence-electron chi connectivity index (χ4n) is 2.47. The van der Waals surface area contributed by atoms with Crippen molar-refractivity contribution in [1.82, 2.24) is 9.97 Å². The predicted molar refractivity (Wildman–Crippen MR) is 94.9 cm³/mol. The molecular weight excluding hydrogens is 380 g/mol. The van der Waals surface area contributed by atoms with Gasteiger partial charge in [-0.1, -0.05) is 15.9 Å². The maximum Gasteiger partial charge on any atom is 0.225 e. The molecule has 0 saturated carbocycles. The highest BCUT2D eigenvalue weighted by Gasteiger charge is 2.28. The van der Waals surface area contributed by atoms with Crippen LogP contribution in [0.4, 0.5) is 17.5 Å². The zero-order chi connectivity index (χ0) is 16.4. The van der Waals surface area contributed by atoms with E-state index < -0.39 is 9.84 Å². The number of rotatable bonds is 4. The van der Waals surface area contributed by atoms with E-state index >= 15 is 0 Å². The topological polar surface area (TPSA) is 84.0 Å². The summed E-state index contributed by atoms with van der Waals surface area (Å²) in [5, 5.41) is 6.35. The Balaban J connectivity index is 1.75. The molecule has 3 rings (SSSR count). The molecular formula is C15H17BrN4O2S. The third kappa shape index (κ3) is 4.42. The third-order valence-corrected chi connectivity index (χ3v) is 5.83. The number of sulfone groups is 1. The van der Waals surface area contributed by atoms with Crippen LogP contribution in [0.3, 0.4) is 0 Å².